The molecule has 0 aliphatic carbocycles. The lowest BCUT2D eigenvalue weighted by Crippen LogP contribution is -2.56. The Balaban J connectivity index is 2.52. The van der Waals surface area contributed by atoms with Gasteiger partial charge in [-0.25, -0.2) is 0 Å². The van der Waals surface area contributed by atoms with Crippen LogP contribution in [0, 0.1) is 0 Å². The summed E-state index contributed by atoms with van der Waals surface area (Å²) in [7, 11) is 1.45. The lowest BCUT2D eigenvalue weighted by Gasteiger charge is -2.40. The number of nitrogens with zero attached hydrogens (tertiary/aromatic N) is 2. The third kappa shape index (κ3) is 5.09. The summed E-state index contributed by atoms with van der Waals surface area (Å²) in [4.78, 5) is 16.6. The molecule has 0 radical (unpaired) electrons. The van der Waals surface area contributed by atoms with E-state index in [0.29, 0.717) is 6.04 Å². The van der Waals surface area contributed by atoms with Crippen LogP contribution in [0.2, 0.25) is 0 Å². The molecule has 1 aliphatic rings. The summed E-state index contributed by atoms with van der Waals surface area (Å²) >= 11 is 0. The summed E-state index contributed by atoms with van der Waals surface area (Å²) in [5.41, 5.74) is 0. The minimum absolute atomic E-state index is 0.167. The third-order valence-corrected chi connectivity index (χ3v) is 3.72. The number of rotatable bonds is 6. The van der Waals surface area contributed by atoms with Crippen molar-refractivity contribution in [2.24, 2.45) is 0 Å². The molecule has 1 fully saturated rings. The first-order chi connectivity index (χ1) is 8.97. The molecule has 0 amide bonds. The highest BCUT2D eigenvalue weighted by molar-refractivity contribution is 5.76. The predicted molar refractivity (Wildman–Crippen MR) is 77.2 cm³/mol. The van der Waals surface area contributed by atoms with Crippen LogP contribution in [0.3, 0.4) is 0 Å². The molecule has 0 aromatic rings. The number of likely N-dealkylation sites (N-methyl/N-ethyl adjacent to an activating group) is 1. The van der Waals surface area contributed by atoms with E-state index in [-0.39, 0.29) is 18.1 Å². The molecule has 19 heavy (non-hydrogen) atoms. The highest BCUT2D eigenvalue weighted by Gasteiger charge is 2.27. The SMILES string of the molecule is CCN1CCN(CC(NC(C)C)C(=O)OC)CC1C. The van der Waals surface area contributed by atoms with E-state index in [0.717, 1.165) is 32.7 Å². The van der Waals surface area contributed by atoms with Crippen molar-refractivity contribution in [3.05, 3.63) is 0 Å². The van der Waals surface area contributed by atoms with Gasteiger partial charge in [0.1, 0.15) is 6.04 Å². The van der Waals surface area contributed by atoms with Crippen molar-refractivity contribution >= 4 is 5.97 Å². The molecule has 2 atom stereocenters. The summed E-state index contributed by atoms with van der Waals surface area (Å²) in [5.74, 6) is -0.167. The molecule has 0 aromatic carbocycles. The van der Waals surface area contributed by atoms with Crippen LogP contribution in [0.4, 0.5) is 0 Å². The van der Waals surface area contributed by atoms with E-state index in [4.69, 9.17) is 4.74 Å². The molecule has 1 N–H and O–H groups in total. The van der Waals surface area contributed by atoms with Gasteiger partial charge in [0.2, 0.25) is 0 Å². The van der Waals surface area contributed by atoms with Crippen molar-refractivity contribution in [3.63, 3.8) is 0 Å². The predicted octanol–water partition coefficient (Wildman–Crippen LogP) is 0.552. The van der Waals surface area contributed by atoms with Gasteiger partial charge in [-0.3, -0.25) is 14.6 Å². The molecule has 1 aliphatic heterocycles. The van der Waals surface area contributed by atoms with Crippen molar-refractivity contribution in [2.45, 2.75) is 45.8 Å². The quantitative estimate of drug-likeness (QED) is 0.715. The summed E-state index contributed by atoms with van der Waals surface area (Å²) in [6, 6.07) is 0.597. The van der Waals surface area contributed by atoms with E-state index < -0.39 is 0 Å². The average molecular weight is 271 g/mol. The first-order valence-electron chi connectivity index (χ1n) is 7.28. The fraction of sp³-hybridized carbons (Fsp3) is 0.929. The van der Waals surface area contributed by atoms with E-state index in [9.17, 15) is 4.79 Å². The molecular formula is C14H29N3O2. The maximum atomic E-state index is 11.8. The second kappa shape index (κ2) is 7.82. The van der Waals surface area contributed by atoms with Crippen LogP contribution in [-0.4, -0.2) is 73.7 Å². The highest BCUT2D eigenvalue weighted by atomic mass is 16.5. The van der Waals surface area contributed by atoms with Gasteiger partial charge in [-0.15, -0.1) is 0 Å². The second-order valence-corrected chi connectivity index (χ2v) is 5.63. The Kier molecular flexibility index (Phi) is 6.75. The van der Waals surface area contributed by atoms with Gasteiger partial charge in [-0.1, -0.05) is 20.8 Å². The third-order valence-electron chi connectivity index (χ3n) is 3.72. The van der Waals surface area contributed by atoms with Gasteiger partial charge in [0, 0.05) is 38.3 Å². The van der Waals surface area contributed by atoms with Gasteiger partial charge < -0.3 is 10.1 Å². The van der Waals surface area contributed by atoms with Crippen molar-refractivity contribution < 1.29 is 9.53 Å². The van der Waals surface area contributed by atoms with Gasteiger partial charge in [0.15, 0.2) is 0 Å². The number of hydrogen-bond donors (Lipinski definition) is 1. The molecule has 0 bridgehead atoms. The minimum Gasteiger partial charge on any atom is -0.468 e. The molecule has 5 heteroatoms. The standard InChI is InChI=1S/C14H29N3O2/c1-6-17-8-7-16(9-12(17)4)10-13(14(18)19-5)15-11(2)3/h11-13,15H,6-10H2,1-5H3. The molecule has 1 saturated heterocycles. The number of esters is 1. The van der Waals surface area contributed by atoms with E-state index in [1.165, 1.54) is 7.11 Å². The average Bonchev–Trinajstić information content (AvgIpc) is 2.36. The molecule has 5 nitrogen and oxygen atoms in total. The lowest BCUT2D eigenvalue weighted by molar-refractivity contribution is -0.144. The fourth-order valence-electron chi connectivity index (χ4n) is 2.70. The van der Waals surface area contributed by atoms with Gasteiger partial charge >= 0.3 is 5.97 Å². The van der Waals surface area contributed by atoms with Crippen LogP contribution in [-0.2, 0) is 9.53 Å². The van der Waals surface area contributed by atoms with Crippen LogP contribution in [0.1, 0.15) is 27.7 Å². The van der Waals surface area contributed by atoms with Crippen molar-refractivity contribution in [2.75, 3.05) is 39.8 Å². The molecule has 0 saturated carbocycles. The van der Waals surface area contributed by atoms with Gasteiger partial charge in [0.05, 0.1) is 7.11 Å². The molecule has 0 spiro atoms. The van der Waals surface area contributed by atoms with Crippen molar-refractivity contribution in [3.8, 4) is 0 Å². The minimum atomic E-state index is -0.231. The molecular weight excluding hydrogens is 242 g/mol. The molecule has 0 aromatic heterocycles. The largest absolute Gasteiger partial charge is 0.468 e. The topological polar surface area (TPSA) is 44.8 Å². The zero-order valence-corrected chi connectivity index (χ0v) is 13.0. The normalized spacial score (nSPS) is 23.6. The lowest BCUT2D eigenvalue weighted by atomic mass is 10.1. The Bertz CT molecular complexity index is 284. The van der Waals surface area contributed by atoms with Crippen molar-refractivity contribution in [1.82, 2.24) is 15.1 Å². The first kappa shape index (κ1) is 16.4. The first-order valence-corrected chi connectivity index (χ1v) is 7.28. The molecule has 112 valence electrons. The molecule has 1 rings (SSSR count). The van der Waals surface area contributed by atoms with Crippen molar-refractivity contribution in [1.29, 1.82) is 0 Å². The van der Waals surface area contributed by atoms with Crippen LogP contribution in [0.25, 0.3) is 0 Å². The Hall–Kier alpha value is -0.650. The second-order valence-electron chi connectivity index (χ2n) is 5.63. The van der Waals surface area contributed by atoms with E-state index >= 15 is 0 Å². The zero-order valence-electron chi connectivity index (χ0n) is 13.0. The van der Waals surface area contributed by atoms with Crippen LogP contribution in [0.15, 0.2) is 0 Å². The maximum absolute atomic E-state index is 11.8. The van der Waals surface area contributed by atoms with Gasteiger partial charge in [-0.05, 0) is 13.5 Å². The van der Waals surface area contributed by atoms with Gasteiger partial charge in [0.25, 0.3) is 0 Å². The number of carbonyl (C=O) groups excluding carboxylic acids is 1. The Morgan fingerprint density at radius 2 is 2.11 bits per heavy atom. The highest BCUT2D eigenvalue weighted by Crippen LogP contribution is 2.09. The monoisotopic (exact) mass is 271 g/mol. The van der Waals surface area contributed by atoms with Crippen LogP contribution >= 0.6 is 0 Å². The fourth-order valence-corrected chi connectivity index (χ4v) is 2.70. The van der Waals surface area contributed by atoms with E-state index in [1.807, 2.05) is 13.8 Å². The number of methoxy groups -OCH3 is 1. The zero-order chi connectivity index (χ0) is 14.4. The van der Waals surface area contributed by atoms with Crippen LogP contribution < -0.4 is 5.32 Å². The Morgan fingerprint density at radius 3 is 2.58 bits per heavy atom. The van der Waals surface area contributed by atoms with E-state index in [2.05, 4.69) is 29.0 Å². The number of piperazine rings is 1. The van der Waals surface area contributed by atoms with E-state index in [1.54, 1.807) is 0 Å². The smallest absolute Gasteiger partial charge is 0.324 e. The number of nitrogens with one attached hydrogen (secondary N) is 1. The summed E-state index contributed by atoms with van der Waals surface area (Å²) in [6.45, 7) is 13.5. The number of carbonyl (C=O) groups is 1. The number of hydrogen-bond acceptors (Lipinski definition) is 5. The summed E-state index contributed by atoms with van der Waals surface area (Å²) in [6.07, 6.45) is 0. The summed E-state index contributed by atoms with van der Waals surface area (Å²) < 4.78 is 4.89. The Labute approximate surface area is 117 Å². The van der Waals surface area contributed by atoms with Gasteiger partial charge in [-0.2, -0.15) is 0 Å². The summed E-state index contributed by atoms with van der Waals surface area (Å²) in [5, 5.41) is 3.29. The number of ether oxygens (including phenoxy) is 1. The Morgan fingerprint density at radius 1 is 1.42 bits per heavy atom. The maximum Gasteiger partial charge on any atom is 0.324 e. The van der Waals surface area contributed by atoms with Crippen LogP contribution in [0.5, 0.6) is 0 Å². The molecule has 2 unspecified atom stereocenters. The molecule has 1 heterocycles.